The molecule has 9 heteroatoms. The van der Waals surface area contributed by atoms with Crippen LogP contribution in [0.1, 0.15) is 18.8 Å². The summed E-state index contributed by atoms with van der Waals surface area (Å²) in [5.74, 6) is 0.629. The van der Waals surface area contributed by atoms with Crippen LogP contribution in [-0.4, -0.2) is 30.9 Å². The van der Waals surface area contributed by atoms with Crippen molar-refractivity contribution in [1.82, 2.24) is 25.1 Å². The predicted molar refractivity (Wildman–Crippen MR) is 84.1 cm³/mol. The molecule has 118 valence electrons. The minimum Gasteiger partial charge on any atom is -0.465 e. The van der Waals surface area contributed by atoms with Crippen LogP contribution in [0.4, 0.5) is 4.79 Å². The fraction of sp³-hybridized carbons (Fsp3) is 0.143. The molecule has 0 spiro atoms. The highest BCUT2D eigenvalue weighted by Gasteiger charge is 2.20. The number of nitrogens with one attached hydrogen (secondary N) is 2. The molecule has 0 fully saturated rings. The van der Waals surface area contributed by atoms with Crippen molar-refractivity contribution in [2.45, 2.75) is 13.0 Å². The minimum atomic E-state index is -1.21. The molecule has 0 radical (unpaired) electrons. The number of hydrogen-bond acceptors (Lipinski definition) is 4. The second kappa shape index (κ2) is 5.73. The Morgan fingerprint density at radius 1 is 1.43 bits per heavy atom. The summed E-state index contributed by atoms with van der Waals surface area (Å²) in [5.41, 5.74) is 0.0530. The fourth-order valence-corrected chi connectivity index (χ4v) is 2.49. The predicted octanol–water partition coefficient (Wildman–Crippen LogP) is 2.09. The Balaban J connectivity index is 2.33. The van der Waals surface area contributed by atoms with Gasteiger partial charge in [-0.25, -0.2) is 14.3 Å². The first-order valence-electron chi connectivity index (χ1n) is 6.69. The third kappa shape index (κ3) is 2.76. The van der Waals surface area contributed by atoms with Crippen molar-refractivity contribution < 1.29 is 9.90 Å². The summed E-state index contributed by atoms with van der Waals surface area (Å²) < 4.78 is 1.30. The highest BCUT2D eigenvalue weighted by molar-refractivity contribution is 6.31. The van der Waals surface area contributed by atoms with E-state index in [-0.39, 0.29) is 11.4 Å². The Labute approximate surface area is 134 Å². The van der Waals surface area contributed by atoms with Crippen LogP contribution >= 0.6 is 11.6 Å². The Kier molecular flexibility index (Phi) is 3.75. The number of amides is 1. The van der Waals surface area contributed by atoms with E-state index in [0.29, 0.717) is 21.7 Å². The Bertz CT molecular complexity index is 935. The number of rotatable bonds is 3. The number of halogens is 1. The molecule has 1 amide bonds. The van der Waals surface area contributed by atoms with Gasteiger partial charge in [0.15, 0.2) is 0 Å². The lowest BCUT2D eigenvalue weighted by atomic mass is 10.2. The highest BCUT2D eigenvalue weighted by atomic mass is 35.5. The number of benzene rings is 1. The van der Waals surface area contributed by atoms with E-state index in [9.17, 15) is 9.59 Å². The summed E-state index contributed by atoms with van der Waals surface area (Å²) in [6.45, 7) is 1.60. The number of aromatic nitrogens is 4. The fourth-order valence-electron chi connectivity index (χ4n) is 2.32. The second-order valence-corrected chi connectivity index (χ2v) is 5.32. The normalized spacial score (nSPS) is 12.3. The molecule has 2 aromatic heterocycles. The lowest BCUT2D eigenvalue weighted by molar-refractivity contribution is 0.190. The number of hydrogen-bond donors (Lipinski definition) is 3. The van der Waals surface area contributed by atoms with Crippen molar-refractivity contribution in [3.8, 4) is 5.82 Å². The first-order chi connectivity index (χ1) is 11.0. The van der Waals surface area contributed by atoms with Crippen LogP contribution in [0.5, 0.6) is 0 Å². The lowest BCUT2D eigenvalue weighted by Crippen LogP contribution is -2.32. The monoisotopic (exact) mass is 333 g/mol. The largest absolute Gasteiger partial charge is 0.465 e. The molecule has 0 saturated carbocycles. The molecule has 3 rings (SSSR count). The van der Waals surface area contributed by atoms with E-state index in [2.05, 4.69) is 20.5 Å². The summed E-state index contributed by atoms with van der Waals surface area (Å²) in [7, 11) is 0. The maximum absolute atomic E-state index is 12.8. The molecule has 23 heavy (non-hydrogen) atoms. The van der Waals surface area contributed by atoms with Crippen LogP contribution in [0.15, 0.2) is 35.3 Å². The quantitative estimate of drug-likeness (QED) is 0.679. The van der Waals surface area contributed by atoms with Gasteiger partial charge in [-0.3, -0.25) is 9.89 Å². The van der Waals surface area contributed by atoms with E-state index in [1.54, 1.807) is 31.2 Å². The summed E-state index contributed by atoms with van der Waals surface area (Å²) in [4.78, 5) is 28.1. The topological polar surface area (TPSA) is 113 Å². The number of fused-ring (bicyclic) bond motifs is 1. The molecule has 1 unspecified atom stereocenters. The first-order valence-corrected chi connectivity index (χ1v) is 7.06. The van der Waals surface area contributed by atoms with Gasteiger partial charge in [-0.15, -0.1) is 0 Å². The average Bonchev–Trinajstić information content (AvgIpc) is 2.99. The van der Waals surface area contributed by atoms with Crippen LogP contribution < -0.4 is 10.9 Å². The van der Waals surface area contributed by atoms with Crippen LogP contribution in [0, 0.1) is 0 Å². The number of H-pyrrole nitrogens is 1. The van der Waals surface area contributed by atoms with Crippen molar-refractivity contribution in [1.29, 1.82) is 0 Å². The van der Waals surface area contributed by atoms with Crippen molar-refractivity contribution in [2.75, 3.05) is 0 Å². The van der Waals surface area contributed by atoms with Gasteiger partial charge < -0.3 is 10.4 Å². The van der Waals surface area contributed by atoms with Crippen molar-refractivity contribution in [3.05, 3.63) is 51.7 Å². The smallest absolute Gasteiger partial charge is 0.405 e. The zero-order valence-corrected chi connectivity index (χ0v) is 12.7. The summed E-state index contributed by atoms with van der Waals surface area (Å²) in [6.07, 6.45) is 0.279. The van der Waals surface area contributed by atoms with Gasteiger partial charge >= 0.3 is 6.09 Å². The SMILES string of the molecule is CC(NC(=O)O)c1nc2cc(Cl)ccc2c(=O)n1-c1ccn[nH]1. The van der Waals surface area contributed by atoms with Gasteiger partial charge in [0.05, 0.1) is 23.1 Å². The van der Waals surface area contributed by atoms with E-state index in [1.807, 2.05) is 0 Å². The average molecular weight is 334 g/mol. The first kappa shape index (κ1) is 15.0. The second-order valence-electron chi connectivity index (χ2n) is 4.89. The van der Waals surface area contributed by atoms with E-state index < -0.39 is 12.1 Å². The highest BCUT2D eigenvalue weighted by Crippen LogP contribution is 2.19. The van der Waals surface area contributed by atoms with E-state index in [0.717, 1.165) is 0 Å². The summed E-state index contributed by atoms with van der Waals surface area (Å²) in [5, 5.41) is 18.5. The lowest BCUT2D eigenvalue weighted by Gasteiger charge is -2.17. The number of aromatic amines is 1. The molecule has 0 aliphatic carbocycles. The number of carbonyl (C=O) groups is 1. The summed E-state index contributed by atoms with van der Waals surface area (Å²) in [6, 6.07) is 5.63. The molecule has 0 aliphatic heterocycles. The Morgan fingerprint density at radius 3 is 2.87 bits per heavy atom. The standard InChI is InChI=1S/C14H12ClN5O3/c1-7(17-14(22)23)12-18-10-6-8(15)2-3-9(10)13(21)20(12)11-4-5-16-19-11/h2-7,17H,1H3,(H,16,19)(H,22,23). The molecule has 0 aliphatic rings. The molecule has 8 nitrogen and oxygen atoms in total. The molecule has 2 heterocycles. The van der Waals surface area contributed by atoms with Gasteiger partial charge in [-0.05, 0) is 25.1 Å². The van der Waals surface area contributed by atoms with Crippen molar-refractivity contribution in [2.24, 2.45) is 0 Å². The minimum absolute atomic E-state index is 0.233. The number of nitrogens with zero attached hydrogens (tertiary/aromatic N) is 3. The zero-order valence-electron chi connectivity index (χ0n) is 11.9. The van der Waals surface area contributed by atoms with Gasteiger partial charge in [0.2, 0.25) is 0 Å². The van der Waals surface area contributed by atoms with Crippen molar-refractivity contribution in [3.63, 3.8) is 0 Å². The Morgan fingerprint density at radius 2 is 2.22 bits per heavy atom. The maximum atomic E-state index is 12.8. The van der Waals surface area contributed by atoms with Crippen LogP contribution in [0.3, 0.4) is 0 Å². The van der Waals surface area contributed by atoms with Crippen LogP contribution in [-0.2, 0) is 0 Å². The molecule has 1 atom stereocenters. The summed E-state index contributed by atoms with van der Waals surface area (Å²) >= 11 is 5.95. The van der Waals surface area contributed by atoms with Crippen molar-refractivity contribution >= 4 is 28.6 Å². The number of carboxylic acid groups (broad SMARTS) is 1. The molecule has 1 aromatic carbocycles. The third-order valence-corrected chi connectivity index (χ3v) is 3.55. The molecular formula is C14H12ClN5O3. The molecule has 0 saturated heterocycles. The zero-order chi connectivity index (χ0) is 16.6. The maximum Gasteiger partial charge on any atom is 0.405 e. The van der Waals surface area contributed by atoms with Gasteiger partial charge in [0.1, 0.15) is 11.6 Å². The molecule has 0 bridgehead atoms. The Hall–Kier alpha value is -2.87. The van der Waals surface area contributed by atoms with Crippen LogP contribution in [0.25, 0.3) is 16.7 Å². The van der Waals surface area contributed by atoms with E-state index in [4.69, 9.17) is 16.7 Å². The van der Waals surface area contributed by atoms with Crippen LogP contribution in [0.2, 0.25) is 5.02 Å². The molecule has 3 aromatic rings. The van der Waals surface area contributed by atoms with Gasteiger partial charge in [-0.1, -0.05) is 11.6 Å². The molecule has 3 N–H and O–H groups in total. The van der Waals surface area contributed by atoms with E-state index >= 15 is 0 Å². The van der Waals surface area contributed by atoms with Gasteiger partial charge in [0, 0.05) is 11.1 Å². The molecular weight excluding hydrogens is 322 g/mol. The van der Waals surface area contributed by atoms with Gasteiger partial charge in [0.25, 0.3) is 5.56 Å². The third-order valence-electron chi connectivity index (χ3n) is 3.31. The van der Waals surface area contributed by atoms with Gasteiger partial charge in [-0.2, -0.15) is 5.10 Å². The van der Waals surface area contributed by atoms with E-state index in [1.165, 1.54) is 10.8 Å².